The van der Waals surface area contributed by atoms with Crippen molar-refractivity contribution in [3.05, 3.63) is 16.1 Å². The molecule has 1 heterocycles. The van der Waals surface area contributed by atoms with E-state index in [9.17, 15) is 13.2 Å². The van der Waals surface area contributed by atoms with Gasteiger partial charge in [-0.3, -0.25) is 4.90 Å². The number of aromatic nitrogens is 1. The van der Waals surface area contributed by atoms with Crippen LogP contribution in [0.15, 0.2) is 5.38 Å². The lowest BCUT2D eigenvalue weighted by molar-refractivity contribution is -0.140. The van der Waals surface area contributed by atoms with Crippen molar-refractivity contribution in [2.24, 2.45) is 0 Å². The Kier molecular flexibility index (Phi) is 5.27. The van der Waals surface area contributed by atoms with Gasteiger partial charge in [0.15, 0.2) is 5.69 Å². The fraction of sp³-hybridized carbons (Fsp3) is 0.700. The average molecular weight is 284 g/mol. The Bertz CT molecular complexity index is 352. The second-order valence-corrected chi connectivity index (χ2v) is 5.70. The second kappa shape index (κ2) is 6.06. The molecule has 1 aromatic rings. The predicted molar refractivity (Wildman–Crippen MR) is 66.4 cm³/mol. The maximum Gasteiger partial charge on any atom is 0.434 e. The Morgan fingerprint density at radius 1 is 1.53 bits per heavy atom. The standard InChI is InChI=1S/C10H15F3N2S2/c1-7(5-16-3)15(2)4-9-14-8(6-17-9)10(11,12)13/h6-7H,4-5H2,1-3H3. The highest BCUT2D eigenvalue weighted by Crippen LogP contribution is 2.30. The summed E-state index contributed by atoms with van der Waals surface area (Å²) in [6, 6.07) is 0.322. The maximum atomic E-state index is 12.3. The Morgan fingerprint density at radius 2 is 2.18 bits per heavy atom. The van der Waals surface area contributed by atoms with Crippen molar-refractivity contribution in [1.29, 1.82) is 0 Å². The maximum absolute atomic E-state index is 12.3. The molecular formula is C10H15F3N2S2. The molecule has 0 spiro atoms. The van der Waals surface area contributed by atoms with Gasteiger partial charge >= 0.3 is 6.18 Å². The van der Waals surface area contributed by atoms with E-state index in [4.69, 9.17) is 0 Å². The summed E-state index contributed by atoms with van der Waals surface area (Å²) < 4.78 is 37.0. The van der Waals surface area contributed by atoms with Crippen molar-refractivity contribution in [3.8, 4) is 0 Å². The van der Waals surface area contributed by atoms with Crippen LogP contribution in [-0.4, -0.2) is 35.0 Å². The van der Waals surface area contributed by atoms with E-state index < -0.39 is 11.9 Å². The molecule has 0 fully saturated rings. The number of thiazole rings is 1. The summed E-state index contributed by atoms with van der Waals surface area (Å²) in [5.74, 6) is 0.952. The molecular weight excluding hydrogens is 269 g/mol. The SMILES string of the molecule is CSCC(C)N(C)Cc1nc(C(F)(F)F)cs1. The van der Waals surface area contributed by atoms with Crippen LogP contribution < -0.4 is 0 Å². The highest BCUT2D eigenvalue weighted by atomic mass is 32.2. The third kappa shape index (κ3) is 4.48. The highest BCUT2D eigenvalue weighted by Gasteiger charge is 2.33. The van der Waals surface area contributed by atoms with E-state index in [2.05, 4.69) is 11.9 Å². The van der Waals surface area contributed by atoms with Crippen molar-refractivity contribution in [1.82, 2.24) is 9.88 Å². The van der Waals surface area contributed by atoms with Gasteiger partial charge in [0.1, 0.15) is 5.01 Å². The summed E-state index contributed by atoms with van der Waals surface area (Å²) in [5.41, 5.74) is -0.789. The van der Waals surface area contributed by atoms with Gasteiger partial charge in [0.25, 0.3) is 0 Å². The molecule has 0 aliphatic carbocycles. The summed E-state index contributed by atoms with van der Waals surface area (Å²) in [7, 11) is 1.90. The second-order valence-electron chi connectivity index (χ2n) is 3.84. The summed E-state index contributed by atoms with van der Waals surface area (Å²) in [4.78, 5) is 5.62. The van der Waals surface area contributed by atoms with Gasteiger partial charge in [-0.2, -0.15) is 24.9 Å². The summed E-state index contributed by atoms with van der Waals surface area (Å²) in [6.45, 7) is 2.51. The number of hydrogen-bond donors (Lipinski definition) is 0. The molecule has 2 nitrogen and oxygen atoms in total. The Labute approximate surface area is 107 Å². The first-order chi connectivity index (χ1) is 7.84. The lowest BCUT2D eigenvalue weighted by Gasteiger charge is -2.22. The monoisotopic (exact) mass is 284 g/mol. The van der Waals surface area contributed by atoms with Crippen molar-refractivity contribution in [2.45, 2.75) is 25.7 Å². The van der Waals surface area contributed by atoms with Crippen LogP contribution in [-0.2, 0) is 12.7 Å². The lowest BCUT2D eigenvalue weighted by atomic mass is 10.3. The van der Waals surface area contributed by atoms with Crippen LogP contribution in [0.4, 0.5) is 13.2 Å². The van der Waals surface area contributed by atoms with E-state index in [1.54, 1.807) is 11.8 Å². The van der Waals surface area contributed by atoms with Crippen molar-refractivity contribution < 1.29 is 13.2 Å². The van der Waals surface area contributed by atoms with Crippen LogP contribution in [0, 0.1) is 0 Å². The molecule has 0 saturated carbocycles. The number of hydrogen-bond acceptors (Lipinski definition) is 4. The number of alkyl halides is 3. The fourth-order valence-corrected chi connectivity index (χ4v) is 2.85. The lowest BCUT2D eigenvalue weighted by Crippen LogP contribution is -2.30. The first kappa shape index (κ1) is 14.8. The zero-order valence-corrected chi connectivity index (χ0v) is 11.5. The van der Waals surface area contributed by atoms with Gasteiger partial charge in [-0.25, -0.2) is 4.98 Å². The number of halogens is 3. The molecule has 0 amide bonds. The van der Waals surface area contributed by atoms with Crippen LogP contribution in [0.5, 0.6) is 0 Å². The van der Waals surface area contributed by atoms with E-state index in [0.717, 1.165) is 22.5 Å². The normalized spacial score (nSPS) is 14.3. The molecule has 1 aromatic heterocycles. The van der Waals surface area contributed by atoms with E-state index in [1.165, 1.54) is 0 Å². The van der Waals surface area contributed by atoms with Crippen LogP contribution in [0.1, 0.15) is 17.6 Å². The topological polar surface area (TPSA) is 16.1 Å². The summed E-state index contributed by atoms with van der Waals surface area (Å²) in [5, 5.41) is 1.58. The van der Waals surface area contributed by atoms with Gasteiger partial charge < -0.3 is 0 Å². The minimum atomic E-state index is -4.34. The summed E-state index contributed by atoms with van der Waals surface area (Å²) in [6.07, 6.45) is -2.33. The van der Waals surface area contributed by atoms with Gasteiger partial charge in [-0.05, 0) is 20.2 Å². The third-order valence-corrected chi connectivity index (χ3v) is 4.04. The van der Waals surface area contributed by atoms with Gasteiger partial charge in [-0.15, -0.1) is 11.3 Å². The third-order valence-electron chi connectivity index (χ3n) is 2.39. The Morgan fingerprint density at radius 3 is 2.65 bits per heavy atom. The Hall–Kier alpha value is -0.270. The molecule has 0 N–H and O–H groups in total. The van der Waals surface area contributed by atoms with E-state index >= 15 is 0 Å². The molecule has 0 aliphatic rings. The Balaban J connectivity index is 2.60. The number of nitrogens with zero attached hydrogens (tertiary/aromatic N) is 2. The molecule has 0 radical (unpaired) electrons. The largest absolute Gasteiger partial charge is 0.434 e. The van der Waals surface area contributed by atoms with E-state index in [0.29, 0.717) is 17.6 Å². The van der Waals surface area contributed by atoms with Gasteiger partial charge in [0.05, 0.1) is 6.54 Å². The average Bonchev–Trinajstić information content (AvgIpc) is 2.66. The number of rotatable bonds is 5. The van der Waals surface area contributed by atoms with Crippen molar-refractivity contribution in [3.63, 3.8) is 0 Å². The molecule has 17 heavy (non-hydrogen) atoms. The highest BCUT2D eigenvalue weighted by molar-refractivity contribution is 7.98. The van der Waals surface area contributed by atoms with E-state index in [-0.39, 0.29) is 0 Å². The van der Waals surface area contributed by atoms with Crippen molar-refractivity contribution in [2.75, 3.05) is 19.1 Å². The molecule has 1 atom stereocenters. The fourth-order valence-electron chi connectivity index (χ4n) is 1.25. The molecule has 0 aromatic carbocycles. The molecule has 1 unspecified atom stereocenters. The molecule has 0 saturated heterocycles. The first-order valence-corrected chi connectivity index (χ1v) is 7.32. The minimum Gasteiger partial charge on any atom is -0.296 e. The van der Waals surface area contributed by atoms with Crippen LogP contribution in [0.3, 0.4) is 0 Å². The molecule has 0 aliphatic heterocycles. The smallest absolute Gasteiger partial charge is 0.296 e. The zero-order chi connectivity index (χ0) is 13.1. The molecule has 1 rings (SSSR count). The van der Waals surface area contributed by atoms with Gasteiger partial charge in [0.2, 0.25) is 0 Å². The first-order valence-electron chi connectivity index (χ1n) is 5.05. The predicted octanol–water partition coefficient (Wildman–Crippen LogP) is 3.35. The molecule has 98 valence electrons. The minimum absolute atomic E-state index is 0.322. The van der Waals surface area contributed by atoms with Crippen LogP contribution in [0.25, 0.3) is 0 Å². The van der Waals surface area contributed by atoms with Gasteiger partial charge in [0, 0.05) is 17.2 Å². The molecule has 7 heteroatoms. The van der Waals surface area contributed by atoms with E-state index in [1.807, 2.05) is 18.2 Å². The van der Waals surface area contributed by atoms with Crippen LogP contribution >= 0.6 is 23.1 Å². The number of thioether (sulfide) groups is 1. The zero-order valence-electron chi connectivity index (χ0n) is 9.91. The molecule has 0 bridgehead atoms. The summed E-state index contributed by atoms with van der Waals surface area (Å²) >= 11 is 2.78. The quantitative estimate of drug-likeness (QED) is 0.825. The van der Waals surface area contributed by atoms with Gasteiger partial charge in [-0.1, -0.05) is 0 Å². The van der Waals surface area contributed by atoms with Crippen LogP contribution in [0.2, 0.25) is 0 Å². The van der Waals surface area contributed by atoms with Crippen molar-refractivity contribution >= 4 is 23.1 Å².